The molecule has 0 saturated carbocycles. The summed E-state index contributed by atoms with van der Waals surface area (Å²) in [6.45, 7) is 5.81. The van der Waals surface area contributed by atoms with Crippen LogP contribution >= 0.6 is 22.7 Å². The van der Waals surface area contributed by atoms with Crippen LogP contribution < -0.4 is 10.9 Å². The highest BCUT2D eigenvalue weighted by Crippen LogP contribution is 2.34. The predicted octanol–water partition coefficient (Wildman–Crippen LogP) is 5.75. The Kier molecular flexibility index (Phi) is 6.40. The van der Waals surface area contributed by atoms with E-state index in [1.165, 1.54) is 28.9 Å². The largest absolute Gasteiger partial charge is 0.462 e. The maximum Gasteiger partial charge on any atom is 0.345 e. The lowest BCUT2D eigenvalue weighted by atomic mass is 10.1. The van der Waals surface area contributed by atoms with Crippen molar-refractivity contribution in [3.63, 3.8) is 0 Å². The molecule has 7 nitrogen and oxygen atoms in total. The molecular formula is C24H19N3O4S2. The van der Waals surface area contributed by atoms with E-state index in [1.807, 2.05) is 26.0 Å². The van der Waals surface area contributed by atoms with Gasteiger partial charge in [0.05, 0.1) is 23.4 Å². The smallest absolute Gasteiger partial charge is 0.345 e. The molecule has 3 aromatic heterocycles. The Morgan fingerprint density at radius 3 is 2.88 bits per heavy atom. The maximum atomic E-state index is 12.4. The molecule has 0 saturated heterocycles. The summed E-state index contributed by atoms with van der Waals surface area (Å²) in [4.78, 5) is 30.3. The molecule has 0 bridgehead atoms. The molecule has 0 amide bonds. The van der Waals surface area contributed by atoms with Crippen LogP contribution in [0.15, 0.2) is 51.1 Å². The summed E-state index contributed by atoms with van der Waals surface area (Å²) < 4.78 is 10.6. The first-order chi connectivity index (χ1) is 15.9. The van der Waals surface area contributed by atoms with Gasteiger partial charge in [0.15, 0.2) is 0 Å². The molecule has 0 unspecified atom stereocenters. The van der Waals surface area contributed by atoms with Crippen molar-refractivity contribution in [1.29, 1.82) is 5.26 Å². The van der Waals surface area contributed by atoms with E-state index in [4.69, 9.17) is 9.15 Å². The summed E-state index contributed by atoms with van der Waals surface area (Å²) >= 11 is 2.65. The van der Waals surface area contributed by atoms with Crippen LogP contribution in [0, 0.1) is 25.2 Å². The van der Waals surface area contributed by atoms with Crippen molar-refractivity contribution in [3.8, 4) is 17.3 Å². The van der Waals surface area contributed by atoms with E-state index in [9.17, 15) is 14.9 Å². The molecule has 4 rings (SSSR count). The molecule has 3 heterocycles. The van der Waals surface area contributed by atoms with E-state index in [0.29, 0.717) is 32.4 Å². The molecule has 1 N–H and O–H groups in total. The molecule has 166 valence electrons. The SMILES string of the molecule is CCOC(=O)c1c(NC=C(C#N)c2nc(-c3cc4ccccc4oc3=O)cs2)sc(C)c1C. The van der Waals surface area contributed by atoms with Gasteiger partial charge in [0.2, 0.25) is 0 Å². The lowest BCUT2D eigenvalue weighted by molar-refractivity contribution is 0.0527. The van der Waals surface area contributed by atoms with Crippen molar-refractivity contribution in [2.45, 2.75) is 20.8 Å². The van der Waals surface area contributed by atoms with Crippen LogP contribution in [0.3, 0.4) is 0 Å². The number of aryl methyl sites for hydroxylation is 1. The molecule has 0 atom stereocenters. The fraction of sp³-hybridized carbons (Fsp3) is 0.167. The Bertz CT molecular complexity index is 1490. The van der Waals surface area contributed by atoms with E-state index in [2.05, 4.69) is 16.4 Å². The van der Waals surface area contributed by atoms with Crippen molar-refractivity contribution in [2.24, 2.45) is 0 Å². The van der Waals surface area contributed by atoms with Crippen LogP contribution in [0.1, 0.15) is 32.7 Å². The average Bonchev–Trinajstić information content (AvgIpc) is 3.39. The van der Waals surface area contributed by atoms with Gasteiger partial charge in [0.1, 0.15) is 27.2 Å². The van der Waals surface area contributed by atoms with Crippen molar-refractivity contribution in [2.75, 3.05) is 11.9 Å². The molecule has 0 fully saturated rings. The van der Waals surface area contributed by atoms with Crippen LogP contribution in [0.2, 0.25) is 0 Å². The zero-order chi connectivity index (χ0) is 23.5. The number of nitriles is 1. The van der Waals surface area contributed by atoms with Gasteiger partial charge < -0.3 is 14.5 Å². The number of carbonyl (C=O) groups is 1. The number of thiazole rings is 1. The molecule has 4 aromatic rings. The van der Waals surface area contributed by atoms with Crippen LogP contribution in [-0.4, -0.2) is 17.6 Å². The predicted molar refractivity (Wildman–Crippen MR) is 131 cm³/mol. The van der Waals surface area contributed by atoms with Gasteiger partial charge in [-0.3, -0.25) is 0 Å². The van der Waals surface area contributed by atoms with Crippen molar-refractivity contribution >= 4 is 50.2 Å². The second kappa shape index (κ2) is 9.40. The number of carbonyl (C=O) groups excluding carboxylic acids is 1. The highest BCUT2D eigenvalue weighted by molar-refractivity contribution is 7.16. The summed E-state index contributed by atoms with van der Waals surface area (Å²) in [7, 11) is 0. The van der Waals surface area contributed by atoms with Gasteiger partial charge in [0, 0.05) is 21.8 Å². The fourth-order valence-corrected chi connectivity index (χ4v) is 5.02. The molecule has 0 aliphatic heterocycles. The molecule has 1 aromatic carbocycles. The van der Waals surface area contributed by atoms with E-state index in [1.54, 1.807) is 30.5 Å². The van der Waals surface area contributed by atoms with E-state index >= 15 is 0 Å². The van der Waals surface area contributed by atoms with Crippen LogP contribution in [0.4, 0.5) is 5.00 Å². The third-order valence-electron chi connectivity index (χ3n) is 4.98. The highest BCUT2D eigenvalue weighted by atomic mass is 32.1. The van der Waals surface area contributed by atoms with E-state index < -0.39 is 11.6 Å². The summed E-state index contributed by atoms with van der Waals surface area (Å²) in [6.07, 6.45) is 1.51. The number of thiophene rings is 1. The minimum atomic E-state index is -0.491. The topological polar surface area (TPSA) is 105 Å². The third-order valence-corrected chi connectivity index (χ3v) is 7.00. The monoisotopic (exact) mass is 477 g/mol. The number of nitrogens with one attached hydrogen (secondary N) is 1. The zero-order valence-electron chi connectivity index (χ0n) is 18.1. The van der Waals surface area contributed by atoms with Crippen LogP contribution in [-0.2, 0) is 4.74 Å². The van der Waals surface area contributed by atoms with Gasteiger partial charge in [0.25, 0.3) is 0 Å². The quantitative estimate of drug-likeness (QED) is 0.214. The van der Waals surface area contributed by atoms with Crippen molar-refractivity contribution in [3.05, 3.63) is 73.3 Å². The van der Waals surface area contributed by atoms with E-state index in [0.717, 1.165) is 15.8 Å². The number of allylic oxidation sites excluding steroid dienone is 1. The van der Waals surface area contributed by atoms with Gasteiger partial charge in [-0.15, -0.1) is 22.7 Å². The second-order valence-electron chi connectivity index (χ2n) is 7.05. The number of hydrogen-bond acceptors (Lipinski definition) is 9. The Morgan fingerprint density at radius 1 is 1.33 bits per heavy atom. The molecule has 33 heavy (non-hydrogen) atoms. The summed E-state index contributed by atoms with van der Waals surface area (Å²) in [5.41, 5.74) is 2.35. The Labute approximate surface area is 197 Å². The average molecular weight is 478 g/mol. The number of hydrogen-bond donors (Lipinski definition) is 1. The number of fused-ring (bicyclic) bond motifs is 1. The van der Waals surface area contributed by atoms with Gasteiger partial charge >= 0.3 is 11.6 Å². The number of ether oxygens (including phenoxy) is 1. The zero-order valence-corrected chi connectivity index (χ0v) is 19.7. The minimum absolute atomic E-state index is 0.273. The summed E-state index contributed by atoms with van der Waals surface area (Å²) in [5.74, 6) is -0.409. The summed E-state index contributed by atoms with van der Waals surface area (Å²) in [6, 6.07) is 11.1. The number of rotatable bonds is 6. The Morgan fingerprint density at radius 2 is 2.12 bits per heavy atom. The maximum absolute atomic E-state index is 12.4. The molecule has 9 heteroatoms. The Hall–Kier alpha value is -3.74. The van der Waals surface area contributed by atoms with Crippen molar-refractivity contribution < 1.29 is 13.9 Å². The molecule has 0 radical (unpaired) electrons. The van der Waals surface area contributed by atoms with Gasteiger partial charge in [-0.25, -0.2) is 14.6 Å². The minimum Gasteiger partial charge on any atom is -0.462 e. The number of esters is 1. The van der Waals surface area contributed by atoms with Gasteiger partial charge in [-0.1, -0.05) is 18.2 Å². The molecule has 0 spiro atoms. The van der Waals surface area contributed by atoms with Gasteiger partial charge in [-0.05, 0) is 38.5 Å². The second-order valence-corrected chi connectivity index (χ2v) is 9.13. The van der Waals surface area contributed by atoms with Crippen molar-refractivity contribution in [1.82, 2.24) is 4.98 Å². The first-order valence-electron chi connectivity index (χ1n) is 10.1. The normalized spacial score (nSPS) is 11.4. The molecule has 0 aliphatic rings. The molecular weight excluding hydrogens is 458 g/mol. The molecule has 0 aliphatic carbocycles. The third kappa shape index (κ3) is 4.44. The number of para-hydroxylation sites is 1. The first kappa shape index (κ1) is 22.5. The lowest BCUT2D eigenvalue weighted by Crippen LogP contribution is -2.07. The fourth-order valence-electron chi connectivity index (χ4n) is 3.22. The Balaban J connectivity index is 1.65. The number of anilines is 1. The van der Waals surface area contributed by atoms with Gasteiger partial charge in [-0.2, -0.15) is 5.26 Å². The summed E-state index contributed by atoms with van der Waals surface area (Å²) in [5, 5.41) is 16.3. The standard InChI is InChI=1S/C24H19N3O4S2/c1-4-30-24(29)20-13(2)14(3)33-22(20)26-11-16(10-25)21-27-18(12-32-21)17-9-15-7-5-6-8-19(15)31-23(17)28/h5-9,11-12,26H,4H2,1-3H3. The van der Waals surface area contributed by atoms with E-state index in [-0.39, 0.29) is 12.2 Å². The number of aromatic nitrogens is 1. The lowest BCUT2D eigenvalue weighted by Gasteiger charge is -2.05. The first-order valence-corrected chi connectivity index (χ1v) is 11.8. The number of benzene rings is 1. The number of nitrogens with zero attached hydrogens (tertiary/aromatic N) is 2. The van der Waals surface area contributed by atoms with Crippen LogP contribution in [0.5, 0.6) is 0 Å². The highest BCUT2D eigenvalue weighted by Gasteiger charge is 2.20. The van der Waals surface area contributed by atoms with Crippen LogP contribution in [0.25, 0.3) is 27.8 Å².